The van der Waals surface area contributed by atoms with E-state index >= 15 is 0 Å². The molecule has 1 aliphatic carbocycles. The molecule has 1 heterocycles. The molecular weight excluding hydrogens is 230 g/mol. The lowest BCUT2D eigenvalue weighted by atomic mass is 9.97. The maximum atomic E-state index is 11.5. The minimum absolute atomic E-state index is 0.272. The van der Waals surface area contributed by atoms with Gasteiger partial charge in [0, 0.05) is 17.7 Å². The monoisotopic (exact) mass is 241 g/mol. The van der Waals surface area contributed by atoms with Crippen molar-refractivity contribution in [1.29, 1.82) is 0 Å². The van der Waals surface area contributed by atoms with E-state index in [1.165, 1.54) is 0 Å². The fourth-order valence-electron chi connectivity index (χ4n) is 1.92. The van der Waals surface area contributed by atoms with E-state index in [-0.39, 0.29) is 11.4 Å². The van der Waals surface area contributed by atoms with Gasteiger partial charge in [0.05, 0.1) is 5.57 Å². The van der Waals surface area contributed by atoms with E-state index in [1.807, 2.05) is 0 Å². The van der Waals surface area contributed by atoms with E-state index in [4.69, 9.17) is 12.2 Å². The van der Waals surface area contributed by atoms with Crippen molar-refractivity contribution in [2.45, 2.75) is 6.42 Å². The van der Waals surface area contributed by atoms with E-state index < -0.39 is 5.91 Å². The molecule has 0 unspecified atom stereocenters. The third-order valence-corrected chi connectivity index (χ3v) is 2.65. The summed E-state index contributed by atoms with van der Waals surface area (Å²) in [5.41, 5.74) is 7.81. The van der Waals surface area contributed by atoms with Crippen LogP contribution in [0.3, 0.4) is 0 Å². The van der Waals surface area contributed by atoms with Gasteiger partial charge in [0.25, 0.3) is 5.91 Å². The number of carbonyl (C=O) groups is 2. The van der Waals surface area contributed by atoms with Crippen LogP contribution in [0.25, 0.3) is 0 Å². The highest BCUT2D eigenvalue weighted by atomic mass is 16.1. The molecule has 4 N–H and O–H groups in total. The van der Waals surface area contributed by atoms with Crippen LogP contribution in [0.2, 0.25) is 0 Å². The number of terminal acetylenes is 1. The Hall–Kier alpha value is -2.74. The van der Waals surface area contributed by atoms with E-state index in [0.29, 0.717) is 18.4 Å². The maximum Gasteiger partial charge on any atom is 0.252 e. The topological polar surface area (TPSA) is 84.2 Å². The molecule has 0 aromatic carbocycles. The summed E-state index contributed by atoms with van der Waals surface area (Å²) in [5.74, 6) is 2.21. The molecule has 0 saturated carbocycles. The van der Waals surface area contributed by atoms with Gasteiger partial charge in [-0.1, -0.05) is 12.0 Å². The molecule has 2 amide bonds. The third kappa shape index (κ3) is 2.04. The average molecular weight is 241 g/mol. The van der Waals surface area contributed by atoms with Crippen LogP contribution >= 0.6 is 0 Å². The maximum absolute atomic E-state index is 11.5. The van der Waals surface area contributed by atoms with Crippen molar-refractivity contribution >= 4 is 12.3 Å². The first kappa shape index (κ1) is 11.7. The fourth-order valence-corrected chi connectivity index (χ4v) is 1.92. The number of carbonyl (C=O) groups excluding carboxylic acids is 2. The van der Waals surface area contributed by atoms with Gasteiger partial charge >= 0.3 is 0 Å². The van der Waals surface area contributed by atoms with Gasteiger partial charge < -0.3 is 16.4 Å². The molecule has 0 saturated heterocycles. The summed E-state index contributed by atoms with van der Waals surface area (Å²) < 4.78 is 0. The van der Waals surface area contributed by atoms with Gasteiger partial charge in [0.15, 0.2) is 0 Å². The Bertz CT molecular complexity index is 586. The Morgan fingerprint density at radius 1 is 1.56 bits per heavy atom. The number of hydrogen-bond donors (Lipinski definition) is 3. The van der Waals surface area contributed by atoms with E-state index in [2.05, 4.69) is 16.6 Å². The van der Waals surface area contributed by atoms with Gasteiger partial charge in [-0.3, -0.25) is 9.59 Å². The zero-order valence-electron chi connectivity index (χ0n) is 9.49. The minimum Gasteiger partial charge on any atom is -0.365 e. The quantitative estimate of drug-likeness (QED) is 0.473. The number of nitrogens with one attached hydrogen (secondary N) is 2. The SMILES string of the molecule is C#CC1=CC=C2CC(=C1)NC(NC=O)=C2C(N)=O. The first-order valence-corrected chi connectivity index (χ1v) is 5.25. The second-order valence-electron chi connectivity index (χ2n) is 3.81. The number of amides is 2. The van der Waals surface area contributed by atoms with E-state index in [1.54, 1.807) is 18.2 Å². The van der Waals surface area contributed by atoms with Crippen LogP contribution in [0.1, 0.15) is 6.42 Å². The Kier molecular flexibility index (Phi) is 3.02. The number of hydrogen-bond acceptors (Lipinski definition) is 3. The van der Waals surface area contributed by atoms with Crippen molar-refractivity contribution in [3.8, 4) is 12.3 Å². The van der Waals surface area contributed by atoms with Gasteiger partial charge in [0.2, 0.25) is 6.41 Å². The van der Waals surface area contributed by atoms with Crippen LogP contribution < -0.4 is 16.4 Å². The van der Waals surface area contributed by atoms with Gasteiger partial charge in [0.1, 0.15) is 5.82 Å². The molecule has 2 rings (SSSR count). The summed E-state index contributed by atoms with van der Waals surface area (Å²) in [7, 11) is 0. The molecule has 0 fully saturated rings. The highest BCUT2D eigenvalue weighted by Gasteiger charge is 2.24. The Morgan fingerprint density at radius 3 is 2.94 bits per heavy atom. The predicted octanol–water partition coefficient (Wildman–Crippen LogP) is -0.194. The van der Waals surface area contributed by atoms with Crippen LogP contribution in [-0.4, -0.2) is 12.3 Å². The molecule has 0 radical (unpaired) electrons. The summed E-state index contributed by atoms with van der Waals surface area (Å²) in [6.07, 6.45) is 11.6. The van der Waals surface area contributed by atoms with Crippen molar-refractivity contribution in [3.63, 3.8) is 0 Å². The summed E-state index contributed by atoms with van der Waals surface area (Å²) in [6, 6.07) is 0. The van der Waals surface area contributed by atoms with Crippen LogP contribution in [0.15, 0.2) is 46.5 Å². The lowest BCUT2D eigenvalue weighted by Crippen LogP contribution is -2.35. The normalized spacial score (nSPS) is 17.4. The number of fused-ring (bicyclic) bond motifs is 2. The van der Waals surface area contributed by atoms with E-state index in [9.17, 15) is 9.59 Å². The average Bonchev–Trinajstić information content (AvgIpc) is 2.48. The number of nitrogens with two attached hydrogens (primary N) is 1. The van der Waals surface area contributed by atoms with Crippen LogP contribution in [-0.2, 0) is 9.59 Å². The molecule has 0 atom stereocenters. The molecule has 90 valence electrons. The first-order chi connectivity index (χ1) is 8.65. The standard InChI is InChI=1S/C13H11N3O2/c1-2-8-3-4-9-6-10(5-8)16-13(15-7-17)11(9)12(14)18/h1,3-5,7,16H,6H2,(H2,14,18)(H,15,17). The van der Waals surface area contributed by atoms with Crippen molar-refractivity contribution < 1.29 is 9.59 Å². The lowest BCUT2D eigenvalue weighted by molar-refractivity contribution is -0.114. The third-order valence-electron chi connectivity index (χ3n) is 2.65. The molecule has 0 aromatic heterocycles. The van der Waals surface area contributed by atoms with Gasteiger partial charge in [-0.25, -0.2) is 0 Å². The summed E-state index contributed by atoms with van der Waals surface area (Å²) >= 11 is 0. The summed E-state index contributed by atoms with van der Waals surface area (Å²) in [6.45, 7) is 0. The molecule has 18 heavy (non-hydrogen) atoms. The van der Waals surface area contributed by atoms with Crippen molar-refractivity contribution in [2.24, 2.45) is 5.73 Å². The molecule has 5 nitrogen and oxygen atoms in total. The second-order valence-corrected chi connectivity index (χ2v) is 3.81. The predicted molar refractivity (Wildman–Crippen MR) is 66.3 cm³/mol. The minimum atomic E-state index is -0.602. The summed E-state index contributed by atoms with van der Waals surface area (Å²) in [4.78, 5) is 22.0. The summed E-state index contributed by atoms with van der Waals surface area (Å²) in [5, 5.41) is 5.38. The van der Waals surface area contributed by atoms with Gasteiger partial charge in [-0.2, -0.15) is 0 Å². The number of allylic oxidation sites excluding steroid dienone is 5. The van der Waals surface area contributed by atoms with Gasteiger partial charge in [-0.05, 0) is 17.7 Å². The van der Waals surface area contributed by atoms with Crippen molar-refractivity contribution in [3.05, 3.63) is 46.5 Å². The number of primary amides is 1. The van der Waals surface area contributed by atoms with Crippen LogP contribution in [0.5, 0.6) is 0 Å². The zero-order chi connectivity index (χ0) is 13.1. The van der Waals surface area contributed by atoms with Crippen molar-refractivity contribution in [1.82, 2.24) is 10.6 Å². The lowest BCUT2D eigenvalue weighted by Gasteiger charge is -2.23. The van der Waals surface area contributed by atoms with Gasteiger partial charge in [-0.15, -0.1) is 6.42 Å². The molecule has 5 heteroatoms. The molecule has 1 aliphatic heterocycles. The molecule has 0 spiro atoms. The number of rotatable bonds is 3. The van der Waals surface area contributed by atoms with Crippen LogP contribution in [0.4, 0.5) is 0 Å². The fraction of sp³-hybridized carbons (Fsp3) is 0.0769. The molecule has 0 aromatic rings. The Labute approximate surface area is 104 Å². The highest BCUT2D eigenvalue weighted by Crippen LogP contribution is 2.28. The molecule has 2 bridgehead atoms. The highest BCUT2D eigenvalue weighted by molar-refractivity contribution is 5.98. The van der Waals surface area contributed by atoms with Crippen molar-refractivity contribution in [2.75, 3.05) is 0 Å². The molecular formula is C13H11N3O2. The Morgan fingerprint density at radius 2 is 2.33 bits per heavy atom. The first-order valence-electron chi connectivity index (χ1n) is 5.25. The molecule has 2 aliphatic rings. The zero-order valence-corrected chi connectivity index (χ0v) is 9.49. The van der Waals surface area contributed by atoms with Crippen LogP contribution in [0, 0.1) is 12.3 Å². The largest absolute Gasteiger partial charge is 0.365 e. The smallest absolute Gasteiger partial charge is 0.252 e. The Balaban J connectivity index is 2.55. The van der Waals surface area contributed by atoms with E-state index in [0.717, 1.165) is 11.3 Å². The second kappa shape index (κ2) is 4.63.